The molecule has 0 radical (unpaired) electrons. The van der Waals surface area contributed by atoms with Crippen LogP contribution in [0, 0.1) is 0 Å². The highest BCUT2D eigenvalue weighted by atomic mass is 32.2. The van der Waals surface area contributed by atoms with Gasteiger partial charge in [-0.25, -0.2) is 23.5 Å². The fourth-order valence-electron chi connectivity index (χ4n) is 1.74. The molecule has 0 saturated carbocycles. The monoisotopic (exact) mass is 352 g/mol. The van der Waals surface area contributed by atoms with Crippen molar-refractivity contribution in [2.45, 2.75) is 18.7 Å². The molecule has 24 heavy (non-hydrogen) atoms. The quantitative estimate of drug-likeness (QED) is 0.748. The molecule has 0 aromatic heterocycles. The minimum atomic E-state index is -4.49. The van der Waals surface area contributed by atoms with Crippen LogP contribution in [-0.2, 0) is 21.4 Å². The molecule has 0 spiro atoms. The van der Waals surface area contributed by atoms with Gasteiger partial charge in [-0.1, -0.05) is 48.5 Å². The van der Waals surface area contributed by atoms with Gasteiger partial charge in [-0.15, -0.1) is 0 Å². The highest BCUT2D eigenvalue weighted by Gasteiger charge is 2.42. The summed E-state index contributed by atoms with van der Waals surface area (Å²) in [5, 5.41) is -3.13. The zero-order chi connectivity index (χ0) is 17.6. The average Bonchev–Trinajstić information content (AvgIpc) is 2.59. The summed E-state index contributed by atoms with van der Waals surface area (Å²) in [7, 11) is -4.49. The predicted octanol–water partition coefficient (Wildman–Crippen LogP) is 2.11. The van der Waals surface area contributed by atoms with Crippen molar-refractivity contribution in [2.75, 3.05) is 0 Å². The normalized spacial score (nSPS) is 13.9. The first-order valence-electron chi connectivity index (χ1n) is 7.07. The van der Waals surface area contributed by atoms with Crippen LogP contribution in [0.3, 0.4) is 0 Å². The molecule has 0 aliphatic rings. The molecular weight excluding hydrogens is 335 g/mol. The molecule has 2 aromatic rings. The highest BCUT2D eigenvalue weighted by Crippen LogP contribution is 2.19. The van der Waals surface area contributed by atoms with Crippen molar-refractivity contribution in [3.63, 3.8) is 0 Å². The highest BCUT2D eigenvalue weighted by molar-refractivity contribution is 7.90. The zero-order valence-electron chi connectivity index (χ0n) is 12.9. The lowest BCUT2D eigenvalue weighted by atomic mass is 10.2. The van der Waals surface area contributed by atoms with Crippen LogP contribution in [-0.4, -0.2) is 19.5 Å². The molecule has 6 nitrogen and oxygen atoms in total. The Morgan fingerprint density at radius 1 is 1.08 bits per heavy atom. The Hall–Kier alpha value is -2.29. The number of carbonyl (C=O) groups excluding carboxylic acids is 1. The van der Waals surface area contributed by atoms with Crippen molar-refractivity contribution < 1.29 is 22.4 Å². The number of alkyl halides is 1. The van der Waals surface area contributed by atoms with Crippen molar-refractivity contribution in [3.05, 3.63) is 71.8 Å². The third-order valence-electron chi connectivity index (χ3n) is 3.15. The fourth-order valence-corrected chi connectivity index (χ4v) is 2.51. The van der Waals surface area contributed by atoms with Gasteiger partial charge in [-0.05, 0) is 17.7 Å². The lowest BCUT2D eigenvalue weighted by molar-refractivity contribution is -0.106. The summed E-state index contributed by atoms with van der Waals surface area (Å²) in [4.78, 5) is 16.3. The zero-order valence-corrected chi connectivity index (χ0v) is 13.7. The minimum absolute atomic E-state index is 0.0985. The van der Waals surface area contributed by atoms with Gasteiger partial charge in [-0.3, -0.25) is 4.79 Å². The molecule has 8 heteroatoms. The van der Waals surface area contributed by atoms with Crippen LogP contribution in [0.1, 0.15) is 22.8 Å². The Bertz CT molecular complexity index is 780. The van der Waals surface area contributed by atoms with Crippen molar-refractivity contribution >= 4 is 15.9 Å². The van der Waals surface area contributed by atoms with Gasteiger partial charge in [0.15, 0.2) is 0 Å². The summed E-state index contributed by atoms with van der Waals surface area (Å²) in [5.41, 5.74) is 2.68. The van der Waals surface area contributed by atoms with E-state index in [1.54, 1.807) is 48.5 Å². The molecule has 1 atom stereocenters. The van der Waals surface area contributed by atoms with E-state index in [0.717, 1.165) is 0 Å². The van der Waals surface area contributed by atoms with Crippen LogP contribution < -0.4 is 10.2 Å². The average molecular weight is 352 g/mol. The number of hydrogen-bond acceptors (Lipinski definition) is 4. The molecule has 0 fully saturated rings. The number of halogens is 1. The topological polar surface area (TPSA) is 84.5 Å². The molecule has 128 valence electrons. The van der Waals surface area contributed by atoms with Gasteiger partial charge in [0.05, 0.1) is 0 Å². The second-order valence-electron chi connectivity index (χ2n) is 5.04. The van der Waals surface area contributed by atoms with E-state index in [-0.39, 0.29) is 12.1 Å². The number of carbonyl (C=O) groups is 1. The summed E-state index contributed by atoms with van der Waals surface area (Å²) >= 11 is 0. The molecule has 0 aliphatic heterocycles. The Labute approximate surface area is 139 Å². The third kappa shape index (κ3) is 4.60. The lowest BCUT2D eigenvalue weighted by Crippen LogP contribution is -2.46. The van der Waals surface area contributed by atoms with Crippen LogP contribution in [0.2, 0.25) is 0 Å². The lowest BCUT2D eigenvalue weighted by Gasteiger charge is -2.21. The first-order chi connectivity index (χ1) is 11.3. The van der Waals surface area contributed by atoms with Gasteiger partial charge in [0.2, 0.25) is 0 Å². The summed E-state index contributed by atoms with van der Waals surface area (Å²) < 4.78 is 40.5. The Morgan fingerprint density at radius 3 is 2.21 bits per heavy atom. The van der Waals surface area contributed by atoms with E-state index in [4.69, 9.17) is 0 Å². The predicted molar refractivity (Wildman–Crippen MR) is 86.7 cm³/mol. The first-order valence-corrected chi connectivity index (χ1v) is 8.55. The maximum Gasteiger partial charge on any atom is 0.342 e. The van der Waals surface area contributed by atoms with E-state index in [0.29, 0.717) is 12.5 Å². The van der Waals surface area contributed by atoms with Gasteiger partial charge < -0.3 is 0 Å². The van der Waals surface area contributed by atoms with E-state index >= 15 is 0 Å². The van der Waals surface area contributed by atoms with Gasteiger partial charge in [0.25, 0.3) is 15.9 Å². The molecule has 1 unspecified atom stereocenters. The third-order valence-corrected chi connectivity index (χ3v) is 4.72. The van der Waals surface area contributed by atoms with Crippen LogP contribution >= 0.6 is 0 Å². The number of sulfonamides is 1. The fraction of sp³-hybridized carbons (Fsp3) is 0.188. The van der Waals surface area contributed by atoms with Gasteiger partial charge in [0, 0.05) is 19.0 Å². The van der Waals surface area contributed by atoms with Crippen LogP contribution in [0.4, 0.5) is 4.39 Å². The molecule has 2 N–H and O–H groups in total. The number of amides is 1. The summed E-state index contributed by atoms with van der Waals surface area (Å²) in [5.74, 6) is -0.752. The molecule has 2 rings (SSSR count). The SMILES string of the molecule is CC(F)(ONC(=O)c1ccccc1)S(=O)(=O)NCc1ccccc1. The standard InChI is InChI=1S/C16H17FN2O4S/c1-16(17,23-19-15(20)14-10-6-3-7-11-14)24(21,22)18-12-13-8-4-2-5-9-13/h2-11,18H,12H2,1H3,(H,19,20). The van der Waals surface area contributed by atoms with Crippen molar-refractivity contribution in [1.29, 1.82) is 0 Å². The van der Waals surface area contributed by atoms with Crippen molar-refractivity contribution in [2.24, 2.45) is 0 Å². The Kier molecular flexibility index (Phi) is 5.66. The molecule has 2 aromatic carbocycles. The smallest absolute Gasteiger partial charge is 0.267 e. The van der Waals surface area contributed by atoms with E-state index in [9.17, 15) is 17.6 Å². The molecule has 0 saturated heterocycles. The molecule has 1 amide bonds. The minimum Gasteiger partial charge on any atom is -0.267 e. The largest absolute Gasteiger partial charge is 0.342 e. The van der Waals surface area contributed by atoms with E-state index in [2.05, 4.69) is 9.56 Å². The van der Waals surface area contributed by atoms with E-state index in [1.807, 2.05) is 5.48 Å². The van der Waals surface area contributed by atoms with Crippen LogP contribution in [0.15, 0.2) is 60.7 Å². The summed E-state index contributed by atoms with van der Waals surface area (Å²) in [6, 6.07) is 16.5. The first kappa shape index (κ1) is 18.1. The molecule has 0 bridgehead atoms. The maximum atomic E-state index is 14.4. The number of hydrogen-bond donors (Lipinski definition) is 2. The van der Waals surface area contributed by atoms with Crippen LogP contribution in [0.5, 0.6) is 0 Å². The number of hydroxylamine groups is 1. The van der Waals surface area contributed by atoms with E-state index < -0.39 is 21.1 Å². The number of benzene rings is 2. The number of rotatable bonds is 7. The number of nitrogens with one attached hydrogen (secondary N) is 2. The molecule has 0 heterocycles. The van der Waals surface area contributed by atoms with Gasteiger partial charge >= 0.3 is 5.19 Å². The summed E-state index contributed by atoms with van der Waals surface area (Å²) in [6.07, 6.45) is 0. The van der Waals surface area contributed by atoms with Gasteiger partial charge in [0.1, 0.15) is 0 Å². The summed E-state index contributed by atoms with van der Waals surface area (Å²) in [6.45, 7) is 0.601. The second kappa shape index (κ2) is 7.52. The van der Waals surface area contributed by atoms with E-state index in [1.165, 1.54) is 12.1 Å². The Morgan fingerprint density at radius 2 is 1.62 bits per heavy atom. The van der Waals surface area contributed by atoms with Crippen molar-refractivity contribution in [3.8, 4) is 0 Å². The maximum absolute atomic E-state index is 14.4. The molecule has 0 aliphatic carbocycles. The van der Waals surface area contributed by atoms with Gasteiger partial charge in [-0.2, -0.15) is 4.39 Å². The second-order valence-corrected chi connectivity index (χ2v) is 7.07. The molecular formula is C16H17FN2O4S. The van der Waals surface area contributed by atoms with Crippen molar-refractivity contribution in [1.82, 2.24) is 10.2 Å². The Balaban J connectivity index is 1.96. The van der Waals surface area contributed by atoms with Crippen LogP contribution in [0.25, 0.3) is 0 Å².